The predicted molar refractivity (Wildman–Crippen MR) is 70.3 cm³/mol. The van der Waals surface area contributed by atoms with Crippen molar-refractivity contribution in [3.05, 3.63) is 11.6 Å². The maximum atomic E-state index is 6.47. The van der Waals surface area contributed by atoms with Crippen molar-refractivity contribution in [3.63, 3.8) is 0 Å². The lowest BCUT2D eigenvalue weighted by molar-refractivity contribution is 0.266. The van der Waals surface area contributed by atoms with E-state index in [1.165, 1.54) is 57.8 Å². The molecule has 1 unspecified atom stereocenters. The van der Waals surface area contributed by atoms with E-state index in [4.69, 9.17) is 5.73 Å². The van der Waals surface area contributed by atoms with Gasteiger partial charge in [0.15, 0.2) is 0 Å². The summed E-state index contributed by atoms with van der Waals surface area (Å²) in [6.07, 6.45) is 14.6. The molecule has 2 aliphatic rings. The lowest BCUT2D eigenvalue weighted by Crippen LogP contribution is -2.34. The van der Waals surface area contributed by atoms with Crippen molar-refractivity contribution in [3.8, 4) is 0 Å². The first kappa shape index (κ1) is 12.2. The normalized spacial score (nSPS) is 34.0. The highest BCUT2D eigenvalue weighted by Gasteiger charge is 2.25. The molecule has 0 bridgehead atoms. The molecular formula is C15H27N. The smallest absolute Gasteiger partial charge is 0.0282 e. The zero-order valence-electron chi connectivity index (χ0n) is 10.8. The summed E-state index contributed by atoms with van der Waals surface area (Å²) < 4.78 is 0. The number of hydrogen-bond acceptors (Lipinski definition) is 1. The average molecular weight is 221 g/mol. The molecule has 92 valence electrons. The summed E-state index contributed by atoms with van der Waals surface area (Å²) in [7, 11) is 0. The Hall–Kier alpha value is -0.300. The molecule has 1 heteroatoms. The van der Waals surface area contributed by atoms with Crippen LogP contribution < -0.4 is 5.73 Å². The van der Waals surface area contributed by atoms with Crippen LogP contribution in [0.15, 0.2) is 11.6 Å². The second-order valence-electron chi connectivity index (χ2n) is 5.92. The van der Waals surface area contributed by atoms with Crippen LogP contribution in [-0.4, -0.2) is 6.04 Å². The Balaban J connectivity index is 1.90. The summed E-state index contributed by atoms with van der Waals surface area (Å²) in [6, 6.07) is 0.380. The Kier molecular flexibility index (Phi) is 4.45. The van der Waals surface area contributed by atoms with E-state index in [1.54, 1.807) is 5.57 Å². The molecule has 0 radical (unpaired) electrons. The highest BCUT2D eigenvalue weighted by molar-refractivity contribution is 5.13. The van der Waals surface area contributed by atoms with Crippen molar-refractivity contribution >= 4 is 0 Å². The van der Waals surface area contributed by atoms with Gasteiger partial charge in [0, 0.05) is 6.04 Å². The maximum absolute atomic E-state index is 6.47. The van der Waals surface area contributed by atoms with Gasteiger partial charge in [0.25, 0.3) is 0 Å². The van der Waals surface area contributed by atoms with E-state index in [1.807, 2.05) is 0 Å². The molecule has 0 aliphatic heterocycles. The van der Waals surface area contributed by atoms with Crippen LogP contribution in [0, 0.1) is 11.8 Å². The van der Waals surface area contributed by atoms with Gasteiger partial charge in [0.1, 0.15) is 0 Å². The second kappa shape index (κ2) is 5.86. The average Bonchev–Trinajstić information content (AvgIpc) is 2.57. The molecule has 2 aliphatic carbocycles. The van der Waals surface area contributed by atoms with Gasteiger partial charge in [-0.15, -0.1) is 0 Å². The van der Waals surface area contributed by atoms with Crippen molar-refractivity contribution in [1.29, 1.82) is 0 Å². The molecule has 1 atom stereocenters. The summed E-state index contributed by atoms with van der Waals surface area (Å²) in [5.74, 6) is 1.71. The first-order chi connectivity index (χ1) is 7.77. The number of rotatable bonds is 2. The van der Waals surface area contributed by atoms with Crippen molar-refractivity contribution in [1.82, 2.24) is 0 Å². The molecule has 0 heterocycles. The third-order valence-corrected chi connectivity index (χ3v) is 4.57. The molecule has 16 heavy (non-hydrogen) atoms. The van der Waals surface area contributed by atoms with Crippen molar-refractivity contribution in [2.75, 3.05) is 0 Å². The summed E-state index contributed by atoms with van der Waals surface area (Å²) in [4.78, 5) is 0. The molecule has 0 aromatic heterocycles. The van der Waals surface area contributed by atoms with Gasteiger partial charge in [-0.25, -0.2) is 0 Å². The van der Waals surface area contributed by atoms with Crippen LogP contribution in [-0.2, 0) is 0 Å². The van der Waals surface area contributed by atoms with E-state index in [-0.39, 0.29) is 0 Å². The summed E-state index contributed by atoms with van der Waals surface area (Å²) >= 11 is 0. The Bertz CT molecular complexity index is 236. The molecule has 2 N–H and O–H groups in total. The quantitative estimate of drug-likeness (QED) is 0.700. The van der Waals surface area contributed by atoms with Gasteiger partial charge < -0.3 is 5.73 Å². The minimum Gasteiger partial charge on any atom is -0.324 e. The lowest BCUT2D eigenvalue weighted by atomic mass is 9.77. The first-order valence-electron chi connectivity index (χ1n) is 7.22. The van der Waals surface area contributed by atoms with E-state index in [0.717, 1.165) is 11.8 Å². The molecule has 2 rings (SSSR count). The Morgan fingerprint density at radius 3 is 2.62 bits per heavy atom. The maximum Gasteiger partial charge on any atom is 0.0282 e. The van der Waals surface area contributed by atoms with Crippen LogP contribution in [0.1, 0.15) is 64.7 Å². The molecule has 1 nitrogen and oxygen atoms in total. The summed E-state index contributed by atoms with van der Waals surface area (Å²) in [5.41, 5.74) is 8.05. The number of allylic oxidation sites excluding steroid dienone is 1. The molecule has 0 aromatic rings. The molecule has 0 amide bonds. The number of nitrogens with two attached hydrogens (primary N) is 1. The molecular weight excluding hydrogens is 194 g/mol. The predicted octanol–water partition coefficient (Wildman–Crippen LogP) is 4.03. The van der Waals surface area contributed by atoms with Crippen LogP contribution in [0.5, 0.6) is 0 Å². The summed E-state index contributed by atoms with van der Waals surface area (Å²) in [6.45, 7) is 2.38. The van der Waals surface area contributed by atoms with E-state index < -0.39 is 0 Å². The molecule has 0 spiro atoms. The van der Waals surface area contributed by atoms with Gasteiger partial charge in [-0.05, 0) is 50.4 Å². The summed E-state index contributed by atoms with van der Waals surface area (Å²) in [5, 5.41) is 0. The fourth-order valence-corrected chi connectivity index (χ4v) is 3.29. The topological polar surface area (TPSA) is 26.0 Å². The zero-order valence-corrected chi connectivity index (χ0v) is 10.8. The molecule has 1 fully saturated rings. The van der Waals surface area contributed by atoms with Gasteiger partial charge >= 0.3 is 0 Å². The van der Waals surface area contributed by atoms with E-state index in [2.05, 4.69) is 13.0 Å². The van der Waals surface area contributed by atoms with Gasteiger partial charge in [0.2, 0.25) is 0 Å². The van der Waals surface area contributed by atoms with Gasteiger partial charge in [-0.2, -0.15) is 0 Å². The minimum absolute atomic E-state index is 0.380. The Morgan fingerprint density at radius 1 is 1.12 bits per heavy atom. The SMILES string of the molecule is CC1CCC(C(N)C2=CCCCCC2)CC1. The second-order valence-corrected chi connectivity index (χ2v) is 5.92. The highest BCUT2D eigenvalue weighted by atomic mass is 14.7. The highest BCUT2D eigenvalue weighted by Crippen LogP contribution is 2.33. The largest absolute Gasteiger partial charge is 0.324 e. The van der Waals surface area contributed by atoms with E-state index >= 15 is 0 Å². The van der Waals surface area contributed by atoms with Crippen LogP contribution in [0.25, 0.3) is 0 Å². The van der Waals surface area contributed by atoms with E-state index in [0.29, 0.717) is 6.04 Å². The van der Waals surface area contributed by atoms with Crippen molar-refractivity contribution < 1.29 is 0 Å². The van der Waals surface area contributed by atoms with Crippen molar-refractivity contribution in [2.45, 2.75) is 70.8 Å². The van der Waals surface area contributed by atoms with Gasteiger partial charge in [-0.1, -0.05) is 37.8 Å². The minimum atomic E-state index is 0.380. The van der Waals surface area contributed by atoms with Gasteiger partial charge in [-0.3, -0.25) is 0 Å². The molecule has 0 saturated heterocycles. The Labute approximate surface area is 100 Å². The number of hydrogen-bond donors (Lipinski definition) is 1. The van der Waals surface area contributed by atoms with Crippen molar-refractivity contribution in [2.24, 2.45) is 17.6 Å². The van der Waals surface area contributed by atoms with Crippen LogP contribution >= 0.6 is 0 Å². The molecule has 0 aromatic carbocycles. The van der Waals surface area contributed by atoms with Crippen LogP contribution in [0.2, 0.25) is 0 Å². The monoisotopic (exact) mass is 221 g/mol. The standard InChI is InChI=1S/C15H27N/c1-12-8-10-14(11-9-12)15(16)13-6-4-2-3-5-7-13/h6,12,14-15H,2-5,7-11,16H2,1H3. The third-order valence-electron chi connectivity index (χ3n) is 4.57. The zero-order chi connectivity index (χ0) is 11.4. The van der Waals surface area contributed by atoms with E-state index in [9.17, 15) is 0 Å². The fourth-order valence-electron chi connectivity index (χ4n) is 3.29. The first-order valence-corrected chi connectivity index (χ1v) is 7.22. The third kappa shape index (κ3) is 3.10. The fraction of sp³-hybridized carbons (Fsp3) is 0.867. The van der Waals surface area contributed by atoms with Crippen LogP contribution in [0.4, 0.5) is 0 Å². The van der Waals surface area contributed by atoms with Crippen LogP contribution in [0.3, 0.4) is 0 Å². The lowest BCUT2D eigenvalue weighted by Gasteiger charge is -2.32. The van der Waals surface area contributed by atoms with Gasteiger partial charge in [0.05, 0.1) is 0 Å². The Morgan fingerprint density at radius 2 is 1.88 bits per heavy atom. The molecule has 1 saturated carbocycles.